The first-order chi connectivity index (χ1) is 9.28. The summed E-state index contributed by atoms with van der Waals surface area (Å²) in [6.45, 7) is 5.12. The minimum absolute atomic E-state index is 0.718. The summed E-state index contributed by atoms with van der Waals surface area (Å²) in [6.07, 6.45) is 5.22. The van der Waals surface area contributed by atoms with Crippen LogP contribution in [-0.2, 0) is 6.54 Å². The van der Waals surface area contributed by atoms with Crippen LogP contribution in [0, 0.1) is 5.92 Å². The van der Waals surface area contributed by atoms with Crippen LogP contribution in [-0.4, -0.2) is 24.1 Å². The first-order valence-electron chi connectivity index (χ1n) is 7.40. The Hall–Kier alpha value is -0.800. The Morgan fingerprint density at radius 1 is 1.42 bits per heavy atom. The summed E-state index contributed by atoms with van der Waals surface area (Å²) in [5, 5.41) is 4.15. The van der Waals surface area contributed by atoms with Crippen molar-refractivity contribution >= 4 is 17.4 Å². The van der Waals surface area contributed by atoms with Crippen LogP contribution in [0.3, 0.4) is 0 Å². The maximum absolute atomic E-state index is 6.24. The molecule has 0 amide bonds. The summed E-state index contributed by atoms with van der Waals surface area (Å²) in [7, 11) is 0. The highest BCUT2D eigenvalue weighted by Gasteiger charge is 2.38. The zero-order valence-electron chi connectivity index (χ0n) is 11.5. The fourth-order valence-electron chi connectivity index (χ4n) is 3.35. The minimum Gasteiger partial charge on any atom is -0.353 e. The summed E-state index contributed by atoms with van der Waals surface area (Å²) in [5.74, 6) is 2.01. The third kappa shape index (κ3) is 2.72. The Kier molecular flexibility index (Phi) is 3.94. The lowest BCUT2D eigenvalue weighted by Crippen LogP contribution is -2.32. The van der Waals surface area contributed by atoms with Crippen LogP contribution < -0.4 is 10.2 Å². The van der Waals surface area contributed by atoms with Gasteiger partial charge in [0.05, 0.1) is 10.7 Å². The van der Waals surface area contributed by atoms with Gasteiger partial charge in [0.25, 0.3) is 0 Å². The highest BCUT2D eigenvalue weighted by atomic mass is 35.5. The zero-order valence-corrected chi connectivity index (χ0v) is 12.3. The van der Waals surface area contributed by atoms with Crippen LogP contribution in [0.2, 0.25) is 5.02 Å². The van der Waals surface area contributed by atoms with Crippen molar-refractivity contribution in [1.82, 2.24) is 10.3 Å². The van der Waals surface area contributed by atoms with Gasteiger partial charge < -0.3 is 10.2 Å². The predicted molar refractivity (Wildman–Crippen MR) is 79.7 cm³/mol. The van der Waals surface area contributed by atoms with E-state index in [2.05, 4.69) is 23.2 Å². The number of fused-ring (bicyclic) bond motifs is 2. The molecule has 3 rings (SSSR count). The largest absolute Gasteiger partial charge is 0.353 e. The SMILES string of the molecule is CCCNCc1nc(N2CC3CCC2C3)ccc1Cl. The van der Waals surface area contributed by atoms with Gasteiger partial charge in [-0.2, -0.15) is 0 Å². The van der Waals surface area contributed by atoms with E-state index in [-0.39, 0.29) is 0 Å². The molecule has 1 aromatic rings. The van der Waals surface area contributed by atoms with Crippen LogP contribution in [0.25, 0.3) is 0 Å². The van der Waals surface area contributed by atoms with Gasteiger partial charge in [0.2, 0.25) is 0 Å². The van der Waals surface area contributed by atoms with Crippen molar-refractivity contribution in [2.24, 2.45) is 5.92 Å². The van der Waals surface area contributed by atoms with Gasteiger partial charge in [-0.05, 0) is 50.3 Å². The lowest BCUT2D eigenvalue weighted by molar-refractivity contribution is 0.549. The van der Waals surface area contributed by atoms with Crippen LogP contribution >= 0.6 is 11.6 Å². The summed E-state index contributed by atoms with van der Waals surface area (Å²) >= 11 is 6.24. The minimum atomic E-state index is 0.718. The molecule has 0 spiro atoms. The molecule has 1 saturated carbocycles. The number of hydrogen-bond donors (Lipinski definition) is 1. The number of hydrogen-bond acceptors (Lipinski definition) is 3. The van der Waals surface area contributed by atoms with E-state index in [4.69, 9.17) is 16.6 Å². The second-order valence-corrected chi connectivity index (χ2v) is 6.17. The molecule has 2 unspecified atom stereocenters. The quantitative estimate of drug-likeness (QED) is 0.839. The van der Waals surface area contributed by atoms with Gasteiger partial charge in [-0.25, -0.2) is 4.98 Å². The molecule has 2 atom stereocenters. The molecule has 1 saturated heterocycles. The van der Waals surface area contributed by atoms with Gasteiger partial charge in [0.15, 0.2) is 0 Å². The van der Waals surface area contributed by atoms with E-state index < -0.39 is 0 Å². The van der Waals surface area contributed by atoms with E-state index in [1.165, 1.54) is 25.8 Å². The summed E-state index contributed by atoms with van der Waals surface area (Å²) in [6, 6.07) is 4.79. The number of rotatable bonds is 5. The standard InChI is InChI=1S/C15H22ClN3/c1-2-7-17-9-14-13(16)5-6-15(18-14)19-10-11-3-4-12(19)8-11/h5-6,11-12,17H,2-4,7-10H2,1H3. The molecule has 2 heterocycles. The molecule has 2 aliphatic rings. The third-order valence-corrected chi connectivity index (χ3v) is 4.67. The van der Waals surface area contributed by atoms with E-state index in [0.717, 1.165) is 48.0 Å². The zero-order chi connectivity index (χ0) is 13.2. The van der Waals surface area contributed by atoms with Crippen LogP contribution in [0.15, 0.2) is 12.1 Å². The molecule has 1 aliphatic heterocycles. The first kappa shape index (κ1) is 13.2. The van der Waals surface area contributed by atoms with Crippen molar-refractivity contribution in [2.45, 2.75) is 45.2 Å². The topological polar surface area (TPSA) is 28.2 Å². The fraction of sp³-hybridized carbons (Fsp3) is 0.667. The van der Waals surface area contributed by atoms with E-state index in [0.29, 0.717) is 0 Å². The van der Waals surface area contributed by atoms with E-state index in [1.807, 2.05) is 6.07 Å². The molecule has 4 heteroatoms. The van der Waals surface area contributed by atoms with Gasteiger partial charge in [-0.3, -0.25) is 0 Å². The monoisotopic (exact) mass is 279 g/mol. The van der Waals surface area contributed by atoms with Crippen molar-refractivity contribution in [1.29, 1.82) is 0 Å². The number of nitrogens with one attached hydrogen (secondary N) is 1. The molecular weight excluding hydrogens is 258 g/mol. The Labute approximate surface area is 120 Å². The van der Waals surface area contributed by atoms with Crippen molar-refractivity contribution in [3.63, 3.8) is 0 Å². The molecule has 0 aromatic carbocycles. The average Bonchev–Trinajstić information content (AvgIpc) is 3.03. The van der Waals surface area contributed by atoms with E-state index >= 15 is 0 Å². The molecule has 0 radical (unpaired) electrons. The summed E-state index contributed by atoms with van der Waals surface area (Å²) in [5.41, 5.74) is 0.982. The molecule has 104 valence electrons. The number of aromatic nitrogens is 1. The van der Waals surface area contributed by atoms with Gasteiger partial charge in [0.1, 0.15) is 5.82 Å². The molecule has 1 aliphatic carbocycles. The Bertz CT molecular complexity index is 449. The number of piperidine rings is 1. The molecule has 2 fully saturated rings. The molecular formula is C15H22ClN3. The highest BCUT2D eigenvalue weighted by Crippen LogP contribution is 2.39. The number of pyridine rings is 1. The number of halogens is 1. The van der Waals surface area contributed by atoms with E-state index in [1.54, 1.807) is 0 Å². The van der Waals surface area contributed by atoms with Gasteiger partial charge in [0, 0.05) is 19.1 Å². The van der Waals surface area contributed by atoms with Crippen molar-refractivity contribution in [3.8, 4) is 0 Å². The molecule has 2 bridgehead atoms. The number of anilines is 1. The molecule has 1 aromatic heterocycles. The lowest BCUT2D eigenvalue weighted by atomic mass is 10.1. The molecule has 19 heavy (non-hydrogen) atoms. The van der Waals surface area contributed by atoms with Crippen LogP contribution in [0.5, 0.6) is 0 Å². The smallest absolute Gasteiger partial charge is 0.129 e. The van der Waals surface area contributed by atoms with Crippen LogP contribution in [0.4, 0.5) is 5.82 Å². The lowest BCUT2D eigenvalue weighted by Gasteiger charge is -2.28. The maximum Gasteiger partial charge on any atom is 0.129 e. The van der Waals surface area contributed by atoms with Gasteiger partial charge in [-0.1, -0.05) is 18.5 Å². The fourth-order valence-corrected chi connectivity index (χ4v) is 3.52. The first-order valence-corrected chi connectivity index (χ1v) is 7.78. The van der Waals surface area contributed by atoms with Crippen molar-refractivity contribution in [2.75, 3.05) is 18.0 Å². The summed E-state index contributed by atoms with van der Waals surface area (Å²) < 4.78 is 0. The Balaban J connectivity index is 1.73. The van der Waals surface area contributed by atoms with Gasteiger partial charge in [-0.15, -0.1) is 0 Å². The van der Waals surface area contributed by atoms with Crippen LogP contribution in [0.1, 0.15) is 38.3 Å². The molecule has 1 N–H and O–H groups in total. The number of nitrogens with zero attached hydrogens (tertiary/aromatic N) is 2. The molecule has 3 nitrogen and oxygen atoms in total. The second kappa shape index (κ2) is 5.68. The van der Waals surface area contributed by atoms with Crippen molar-refractivity contribution < 1.29 is 0 Å². The second-order valence-electron chi connectivity index (χ2n) is 5.76. The Morgan fingerprint density at radius 3 is 3.00 bits per heavy atom. The maximum atomic E-state index is 6.24. The summed E-state index contributed by atoms with van der Waals surface area (Å²) in [4.78, 5) is 7.26. The average molecular weight is 280 g/mol. The highest BCUT2D eigenvalue weighted by molar-refractivity contribution is 6.31. The predicted octanol–water partition coefficient (Wildman–Crippen LogP) is 3.22. The van der Waals surface area contributed by atoms with Gasteiger partial charge >= 0.3 is 0 Å². The normalized spacial score (nSPS) is 25.3. The Morgan fingerprint density at radius 2 is 2.32 bits per heavy atom. The van der Waals surface area contributed by atoms with E-state index in [9.17, 15) is 0 Å². The third-order valence-electron chi connectivity index (χ3n) is 4.33. The van der Waals surface area contributed by atoms with Crippen molar-refractivity contribution in [3.05, 3.63) is 22.8 Å².